The molecule has 0 amide bonds. The molecule has 4 aliphatic heterocycles. The van der Waals surface area contributed by atoms with Crippen molar-refractivity contribution in [3.63, 3.8) is 0 Å². The first-order valence-electron chi connectivity index (χ1n) is 41.4. The average Bonchev–Trinajstić information content (AvgIpc) is 0.732. The van der Waals surface area contributed by atoms with Gasteiger partial charge < -0.3 is 38.2 Å². The summed E-state index contributed by atoms with van der Waals surface area (Å²) < 4.78 is 36.8. The van der Waals surface area contributed by atoms with E-state index in [0.29, 0.717) is 58.5 Å². The molecule has 0 radical (unpaired) electrons. The van der Waals surface area contributed by atoms with E-state index in [1.807, 2.05) is 79.7 Å². The van der Waals surface area contributed by atoms with Gasteiger partial charge in [0.15, 0.2) is 11.2 Å². The Kier molecular flexibility index (Phi) is 24.6. The number of hydrogen-bond donors (Lipinski definition) is 0. The number of nitrogens with zero attached hydrogens (tertiary/aromatic N) is 2. The topological polar surface area (TPSA) is 113 Å². The van der Waals surface area contributed by atoms with Crippen molar-refractivity contribution in [2.75, 3.05) is 56.3 Å². The van der Waals surface area contributed by atoms with Crippen molar-refractivity contribution in [2.24, 2.45) is 5.92 Å². The minimum atomic E-state index is -0.941. The van der Waals surface area contributed by atoms with E-state index in [4.69, 9.17) is 28.4 Å². The lowest BCUT2D eigenvalue weighted by Crippen LogP contribution is -2.35. The fraction of sp³-hybridized carbons (Fsp3) is 0.260. The fourth-order valence-electron chi connectivity index (χ4n) is 16.7. The molecule has 12 aromatic rings. The van der Waals surface area contributed by atoms with Crippen LogP contribution < -0.4 is 28.7 Å². The van der Waals surface area contributed by atoms with Crippen molar-refractivity contribution in [3.05, 3.63) is 335 Å². The third-order valence-electron chi connectivity index (χ3n) is 23.2. The molecule has 11 heteroatoms. The summed E-state index contributed by atoms with van der Waals surface area (Å²) in [5.74, 6) is 1.99. The molecule has 0 saturated carbocycles. The maximum absolute atomic E-state index is 13.6. The standard InChI is InChI=1S/C55H59NO3.C49H43NO6/c1-4-7-10-14-40-18-20-42(21-19-40)43-22-24-44(25-23-43)45-26-31-50-46(38-45)39-52(54(57)58-6-3)51-32-35-55(59-53(50)51,47-16-12-9-13-17-47)48-27-29-49(30-28-48)56-36-33-41(34-37-56)15-11-8-5-2;1-3-4-31-54-41-22-15-35(16-23-41)47(51)55-42-24-13-34(14-25-42)36-17-26-43-37(32-36)33-45(48(52)53-2)44-27-28-49(56-46(43)44,38-11-7-5-8-12-38)39-18-20-40(21-19-39)50-29-9-6-10-30-50/h9,12-13,16-32,35,38-39,41H,4-8,10-11,14-15,33-34,36-37H2,1-3H3;3,5,7-8,11-28,32-33H,1,4,6,9-10,29-31H2,2H3. The number of carbonyl (C=O) groups excluding carboxylic acids is 3. The lowest BCUT2D eigenvalue weighted by Gasteiger charge is -2.38. The van der Waals surface area contributed by atoms with Gasteiger partial charge in [-0.25, -0.2) is 14.4 Å². The molecule has 4 aliphatic rings. The molecule has 0 aliphatic carbocycles. The van der Waals surface area contributed by atoms with Gasteiger partial charge in [-0.3, -0.25) is 0 Å². The Hall–Kier alpha value is -12.2. The highest BCUT2D eigenvalue weighted by atomic mass is 16.5. The molecule has 0 bridgehead atoms. The highest BCUT2D eigenvalue weighted by Gasteiger charge is 2.41. The first kappa shape index (κ1) is 78.1. The van der Waals surface area contributed by atoms with Gasteiger partial charge in [0.05, 0.1) is 37.0 Å². The quantitative estimate of drug-likeness (QED) is 0.0223. The van der Waals surface area contributed by atoms with Crippen molar-refractivity contribution >= 4 is 63.0 Å². The molecule has 2 fully saturated rings. The average molecular weight is 1520 g/mol. The van der Waals surface area contributed by atoms with E-state index in [0.717, 1.165) is 117 Å². The smallest absolute Gasteiger partial charge is 0.343 e. The number of unbranched alkanes of at least 4 members (excludes halogenated alkanes) is 4. The van der Waals surface area contributed by atoms with Gasteiger partial charge in [0.1, 0.15) is 23.0 Å². The summed E-state index contributed by atoms with van der Waals surface area (Å²) in [6.45, 7) is 15.2. The second-order valence-electron chi connectivity index (χ2n) is 30.7. The van der Waals surface area contributed by atoms with E-state index >= 15 is 0 Å². The number of esters is 3. The molecule has 2 saturated heterocycles. The molecule has 2 unspecified atom stereocenters. The Balaban J connectivity index is 0.000000181. The van der Waals surface area contributed by atoms with Crippen LogP contribution in [0.25, 0.3) is 67.1 Å². The normalized spacial score (nSPS) is 16.3. The maximum atomic E-state index is 13.6. The summed E-state index contributed by atoms with van der Waals surface area (Å²) in [5.41, 5.74) is 15.3. The molecule has 4 heterocycles. The molecular weight excluding hydrogens is 1420 g/mol. The number of piperidine rings is 2. The van der Waals surface area contributed by atoms with Gasteiger partial charge in [0.2, 0.25) is 0 Å². The van der Waals surface area contributed by atoms with E-state index in [9.17, 15) is 14.4 Å². The molecule has 115 heavy (non-hydrogen) atoms. The van der Waals surface area contributed by atoms with Gasteiger partial charge in [-0.1, -0.05) is 228 Å². The number of methoxy groups -OCH3 is 1. The largest absolute Gasteiger partial charge is 0.493 e. The fourth-order valence-corrected chi connectivity index (χ4v) is 16.7. The van der Waals surface area contributed by atoms with Crippen molar-refractivity contribution in [1.29, 1.82) is 0 Å². The van der Waals surface area contributed by atoms with Crippen LogP contribution in [0.1, 0.15) is 174 Å². The van der Waals surface area contributed by atoms with Gasteiger partial charge >= 0.3 is 17.9 Å². The van der Waals surface area contributed by atoms with Gasteiger partial charge in [-0.2, -0.15) is 0 Å². The predicted octanol–water partition coefficient (Wildman–Crippen LogP) is 25.0. The SMILES string of the molecule is C=CCCOc1ccc(C(=O)Oc2ccc(-c3ccc4c5c(c(C(=O)OC)cc4c3)C=CC(c3ccccc3)(c3ccc(N4CCCCC4)cc3)O5)cc2)cc1.CCCCCc1ccc(-c2ccc(-c3ccc4c5c(c(C(=O)OCC)cc4c3)C=CC(c3ccccc3)(c3ccc(N4CCC(CCCCC)CC4)cc3)O5)cc2)cc1. The zero-order valence-corrected chi connectivity index (χ0v) is 66.6. The van der Waals surface area contributed by atoms with Gasteiger partial charge in [-0.15, -0.1) is 6.58 Å². The van der Waals surface area contributed by atoms with Crippen molar-refractivity contribution in [1.82, 2.24) is 0 Å². The Labute approximate surface area is 677 Å². The van der Waals surface area contributed by atoms with Crippen molar-refractivity contribution in [3.8, 4) is 56.4 Å². The highest BCUT2D eigenvalue weighted by molar-refractivity contribution is 6.06. The van der Waals surface area contributed by atoms with Gasteiger partial charge in [-0.05, 0) is 223 Å². The first-order chi connectivity index (χ1) is 56.4. The van der Waals surface area contributed by atoms with E-state index in [-0.39, 0.29) is 5.97 Å². The maximum Gasteiger partial charge on any atom is 0.343 e. The van der Waals surface area contributed by atoms with E-state index < -0.39 is 23.1 Å². The number of ether oxygens (including phenoxy) is 6. The van der Waals surface area contributed by atoms with E-state index in [1.54, 1.807) is 42.5 Å². The van der Waals surface area contributed by atoms with Gasteiger partial charge in [0.25, 0.3) is 0 Å². The monoisotopic (exact) mass is 1520 g/mol. The van der Waals surface area contributed by atoms with Crippen LogP contribution in [-0.4, -0.2) is 64.4 Å². The van der Waals surface area contributed by atoms with Crippen LogP contribution in [0.2, 0.25) is 0 Å². The van der Waals surface area contributed by atoms with Crippen molar-refractivity contribution in [2.45, 2.75) is 122 Å². The molecule has 0 N–H and O–H groups in total. The van der Waals surface area contributed by atoms with Gasteiger partial charge in [0, 0.05) is 81.7 Å². The second-order valence-corrected chi connectivity index (χ2v) is 30.7. The highest BCUT2D eigenvalue weighted by Crippen LogP contribution is 2.50. The zero-order valence-electron chi connectivity index (χ0n) is 66.6. The van der Waals surface area contributed by atoms with Crippen LogP contribution >= 0.6 is 0 Å². The minimum absolute atomic E-state index is 0.293. The number of carbonyl (C=O) groups is 3. The summed E-state index contributed by atoms with van der Waals surface area (Å²) in [5, 5.41) is 3.58. The van der Waals surface area contributed by atoms with E-state index in [1.165, 1.54) is 112 Å². The number of fused-ring (bicyclic) bond motifs is 6. The number of hydrogen-bond acceptors (Lipinski definition) is 11. The number of rotatable bonds is 26. The van der Waals surface area contributed by atoms with Crippen molar-refractivity contribution < 1.29 is 42.8 Å². The Morgan fingerprint density at radius 1 is 0.470 bits per heavy atom. The third-order valence-corrected chi connectivity index (χ3v) is 23.2. The molecule has 16 rings (SSSR count). The van der Waals surface area contributed by atoms with Crippen LogP contribution in [0.3, 0.4) is 0 Å². The summed E-state index contributed by atoms with van der Waals surface area (Å²) in [6, 6.07) is 86.8. The second kappa shape index (κ2) is 36.3. The molecule has 582 valence electrons. The van der Waals surface area contributed by atoms with Crippen LogP contribution in [0, 0.1) is 5.92 Å². The third kappa shape index (κ3) is 17.3. The lowest BCUT2D eigenvalue weighted by atomic mass is 9.82. The van der Waals surface area contributed by atoms with Crippen LogP contribution in [0.5, 0.6) is 23.0 Å². The number of benzene rings is 12. The Bertz CT molecular complexity index is 5430. The van der Waals surface area contributed by atoms with Crippen LogP contribution in [0.4, 0.5) is 11.4 Å². The number of anilines is 2. The molecule has 12 aromatic carbocycles. The Morgan fingerprint density at radius 3 is 1.43 bits per heavy atom. The minimum Gasteiger partial charge on any atom is -0.493 e. The molecule has 2 atom stereocenters. The molecule has 11 nitrogen and oxygen atoms in total. The summed E-state index contributed by atoms with van der Waals surface area (Å²) in [4.78, 5) is 44.8. The Morgan fingerprint density at radius 2 is 0.930 bits per heavy atom. The lowest BCUT2D eigenvalue weighted by molar-refractivity contribution is 0.0523. The van der Waals surface area contributed by atoms with Crippen LogP contribution in [0.15, 0.2) is 280 Å². The van der Waals surface area contributed by atoms with E-state index in [2.05, 4.69) is 200 Å². The molecule has 0 aromatic heterocycles. The molecular formula is C104H102N2O9. The zero-order chi connectivity index (χ0) is 79.1. The summed E-state index contributed by atoms with van der Waals surface area (Å²) in [7, 11) is 1.39. The summed E-state index contributed by atoms with van der Waals surface area (Å²) >= 11 is 0. The first-order valence-corrected chi connectivity index (χ1v) is 41.4. The summed E-state index contributed by atoms with van der Waals surface area (Å²) in [6.07, 6.45) is 27.2. The molecule has 0 spiro atoms. The predicted molar refractivity (Wildman–Crippen MR) is 468 cm³/mol. The van der Waals surface area contributed by atoms with Crippen LogP contribution in [-0.2, 0) is 27.1 Å². The number of aryl methyl sites for hydroxylation is 1.